The summed E-state index contributed by atoms with van der Waals surface area (Å²) in [4.78, 5) is 4.00. The molecule has 0 bridgehead atoms. The quantitative estimate of drug-likeness (QED) is 0.772. The molecule has 0 aliphatic carbocycles. The Morgan fingerprint density at radius 1 is 1.19 bits per heavy atom. The summed E-state index contributed by atoms with van der Waals surface area (Å²) < 4.78 is 0. The Morgan fingerprint density at radius 2 is 1.88 bits per heavy atom. The van der Waals surface area contributed by atoms with Gasteiger partial charge in [0.1, 0.15) is 0 Å². The Labute approximate surface area is 95.5 Å². The molecular formula is C14H14N2. The van der Waals surface area contributed by atoms with Gasteiger partial charge in [0.05, 0.1) is 0 Å². The lowest BCUT2D eigenvalue weighted by atomic mass is 9.98. The van der Waals surface area contributed by atoms with E-state index in [9.17, 15) is 0 Å². The normalized spacial score (nSPS) is 10.1. The van der Waals surface area contributed by atoms with Crippen molar-refractivity contribution >= 4 is 11.3 Å². The summed E-state index contributed by atoms with van der Waals surface area (Å²) in [5.74, 6) is 0. The number of hydrogen-bond acceptors (Lipinski definition) is 2. The van der Waals surface area contributed by atoms with Crippen molar-refractivity contribution in [3.05, 3.63) is 54.9 Å². The van der Waals surface area contributed by atoms with E-state index in [0.29, 0.717) is 0 Å². The fourth-order valence-corrected chi connectivity index (χ4v) is 1.72. The van der Waals surface area contributed by atoms with E-state index in [4.69, 9.17) is 5.73 Å². The standard InChI is InChI=1S/C14H14N2/c1-10(2)12-4-3-5-13(14(12)15)11-6-8-16-9-7-11/h3-9H,1,15H2,2H3. The fourth-order valence-electron chi connectivity index (χ4n) is 1.72. The second-order valence-corrected chi connectivity index (χ2v) is 3.78. The van der Waals surface area contributed by atoms with Crippen LogP contribution in [-0.2, 0) is 0 Å². The van der Waals surface area contributed by atoms with Crippen LogP contribution in [0.3, 0.4) is 0 Å². The average Bonchev–Trinajstić information content (AvgIpc) is 2.30. The number of nitrogen functional groups attached to an aromatic ring is 1. The van der Waals surface area contributed by atoms with Gasteiger partial charge in [0.25, 0.3) is 0 Å². The van der Waals surface area contributed by atoms with Crippen LogP contribution in [0, 0.1) is 0 Å². The zero-order chi connectivity index (χ0) is 11.5. The molecule has 1 aromatic heterocycles. The minimum Gasteiger partial charge on any atom is -0.398 e. The first-order valence-electron chi connectivity index (χ1n) is 5.15. The van der Waals surface area contributed by atoms with E-state index >= 15 is 0 Å². The molecule has 0 saturated heterocycles. The first-order valence-corrected chi connectivity index (χ1v) is 5.15. The molecule has 0 amide bonds. The van der Waals surface area contributed by atoms with Crippen LogP contribution in [0.1, 0.15) is 12.5 Å². The van der Waals surface area contributed by atoms with E-state index in [2.05, 4.69) is 11.6 Å². The summed E-state index contributed by atoms with van der Waals surface area (Å²) in [5.41, 5.74) is 11.0. The molecule has 2 heteroatoms. The van der Waals surface area contributed by atoms with Crippen molar-refractivity contribution in [1.29, 1.82) is 0 Å². The summed E-state index contributed by atoms with van der Waals surface area (Å²) >= 11 is 0. The first-order chi connectivity index (χ1) is 7.70. The van der Waals surface area contributed by atoms with Crippen molar-refractivity contribution in [2.75, 3.05) is 5.73 Å². The van der Waals surface area contributed by atoms with Crippen molar-refractivity contribution in [2.24, 2.45) is 0 Å². The van der Waals surface area contributed by atoms with Crippen molar-refractivity contribution < 1.29 is 0 Å². The van der Waals surface area contributed by atoms with Gasteiger partial charge in [-0.15, -0.1) is 0 Å². The van der Waals surface area contributed by atoms with Gasteiger partial charge in [-0.25, -0.2) is 0 Å². The van der Waals surface area contributed by atoms with Crippen molar-refractivity contribution in [2.45, 2.75) is 6.92 Å². The predicted octanol–water partition coefficient (Wildman–Crippen LogP) is 3.36. The van der Waals surface area contributed by atoms with Crippen molar-refractivity contribution in [1.82, 2.24) is 4.98 Å². The molecule has 0 unspecified atom stereocenters. The molecule has 1 aromatic carbocycles. The second kappa shape index (κ2) is 4.19. The molecule has 1 heterocycles. The number of nitrogens with two attached hydrogens (primary N) is 1. The Balaban J connectivity index is 2.59. The Morgan fingerprint density at radius 3 is 2.50 bits per heavy atom. The molecule has 0 atom stereocenters. The van der Waals surface area contributed by atoms with Gasteiger partial charge in [-0.1, -0.05) is 24.8 Å². The molecule has 16 heavy (non-hydrogen) atoms. The largest absolute Gasteiger partial charge is 0.398 e. The predicted molar refractivity (Wildman–Crippen MR) is 68.8 cm³/mol. The van der Waals surface area contributed by atoms with Gasteiger partial charge in [-0.2, -0.15) is 0 Å². The van der Waals surface area contributed by atoms with Crippen LogP contribution < -0.4 is 5.73 Å². The van der Waals surface area contributed by atoms with Gasteiger partial charge in [0.15, 0.2) is 0 Å². The van der Waals surface area contributed by atoms with Crippen LogP contribution in [0.4, 0.5) is 5.69 Å². The molecule has 80 valence electrons. The van der Waals surface area contributed by atoms with Crippen LogP contribution >= 0.6 is 0 Å². The highest BCUT2D eigenvalue weighted by Crippen LogP contribution is 2.30. The summed E-state index contributed by atoms with van der Waals surface area (Å²) in [5, 5.41) is 0. The maximum absolute atomic E-state index is 6.14. The third-order valence-corrected chi connectivity index (χ3v) is 2.56. The van der Waals surface area contributed by atoms with Crippen LogP contribution in [0.25, 0.3) is 16.7 Å². The molecule has 0 fully saturated rings. The smallest absolute Gasteiger partial charge is 0.0469 e. The molecule has 0 aliphatic rings. The minimum absolute atomic E-state index is 0.779. The van der Waals surface area contributed by atoms with Gasteiger partial charge >= 0.3 is 0 Å². The monoisotopic (exact) mass is 210 g/mol. The van der Waals surface area contributed by atoms with Crippen LogP contribution in [0.15, 0.2) is 49.3 Å². The Bertz CT molecular complexity index is 516. The van der Waals surface area contributed by atoms with Gasteiger partial charge in [0.2, 0.25) is 0 Å². The minimum atomic E-state index is 0.779. The zero-order valence-electron chi connectivity index (χ0n) is 9.27. The molecular weight excluding hydrogens is 196 g/mol. The van der Waals surface area contributed by atoms with E-state index in [0.717, 1.165) is 28.0 Å². The molecule has 0 saturated carbocycles. The lowest BCUT2D eigenvalue weighted by Gasteiger charge is -2.10. The van der Waals surface area contributed by atoms with Gasteiger partial charge in [-0.05, 0) is 30.2 Å². The van der Waals surface area contributed by atoms with E-state index in [-0.39, 0.29) is 0 Å². The molecule has 2 nitrogen and oxygen atoms in total. The Kier molecular flexibility index (Phi) is 2.73. The molecule has 2 N–H and O–H groups in total. The first kappa shape index (κ1) is 10.4. The number of rotatable bonds is 2. The van der Waals surface area contributed by atoms with Crippen LogP contribution in [0.2, 0.25) is 0 Å². The van der Waals surface area contributed by atoms with Gasteiger partial charge in [-0.3, -0.25) is 4.98 Å². The number of allylic oxidation sites excluding steroid dienone is 1. The fraction of sp³-hybridized carbons (Fsp3) is 0.0714. The number of para-hydroxylation sites is 1. The summed E-state index contributed by atoms with van der Waals surface area (Å²) in [6.07, 6.45) is 3.53. The van der Waals surface area contributed by atoms with E-state index < -0.39 is 0 Å². The van der Waals surface area contributed by atoms with Gasteiger partial charge in [0, 0.05) is 29.2 Å². The number of nitrogens with zero attached hydrogens (tertiary/aromatic N) is 1. The summed E-state index contributed by atoms with van der Waals surface area (Å²) in [7, 11) is 0. The lowest BCUT2D eigenvalue weighted by Crippen LogP contribution is -1.95. The van der Waals surface area contributed by atoms with Crippen molar-refractivity contribution in [3.63, 3.8) is 0 Å². The molecule has 2 rings (SSSR count). The highest BCUT2D eigenvalue weighted by Gasteiger charge is 2.06. The topological polar surface area (TPSA) is 38.9 Å². The second-order valence-electron chi connectivity index (χ2n) is 3.78. The highest BCUT2D eigenvalue weighted by atomic mass is 14.6. The number of pyridine rings is 1. The highest BCUT2D eigenvalue weighted by molar-refractivity contribution is 5.85. The zero-order valence-corrected chi connectivity index (χ0v) is 9.27. The molecule has 0 radical (unpaired) electrons. The maximum atomic E-state index is 6.14. The Hall–Kier alpha value is -2.09. The molecule has 0 spiro atoms. The molecule has 0 aliphatic heterocycles. The number of aromatic nitrogens is 1. The maximum Gasteiger partial charge on any atom is 0.0469 e. The SMILES string of the molecule is C=C(C)c1cccc(-c2ccncc2)c1N. The number of hydrogen-bond donors (Lipinski definition) is 1. The number of anilines is 1. The van der Waals surface area contributed by atoms with E-state index in [1.54, 1.807) is 12.4 Å². The number of benzene rings is 1. The van der Waals surface area contributed by atoms with E-state index in [1.165, 1.54) is 0 Å². The van der Waals surface area contributed by atoms with Crippen molar-refractivity contribution in [3.8, 4) is 11.1 Å². The lowest BCUT2D eigenvalue weighted by molar-refractivity contribution is 1.33. The summed E-state index contributed by atoms with van der Waals surface area (Å²) in [6.45, 7) is 5.89. The molecule has 2 aromatic rings. The third-order valence-electron chi connectivity index (χ3n) is 2.56. The summed E-state index contributed by atoms with van der Waals surface area (Å²) in [6, 6.07) is 9.90. The third kappa shape index (κ3) is 1.82. The van der Waals surface area contributed by atoms with Crippen LogP contribution in [0.5, 0.6) is 0 Å². The van der Waals surface area contributed by atoms with E-state index in [1.807, 2.05) is 37.3 Å². The van der Waals surface area contributed by atoms with Gasteiger partial charge < -0.3 is 5.73 Å². The van der Waals surface area contributed by atoms with Crippen LogP contribution in [-0.4, -0.2) is 4.98 Å². The average molecular weight is 210 g/mol.